The summed E-state index contributed by atoms with van der Waals surface area (Å²) in [7, 11) is 0. The highest BCUT2D eigenvalue weighted by molar-refractivity contribution is 6.07. The lowest BCUT2D eigenvalue weighted by Crippen LogP contribution is -2.19. The van der Waals surface area contributed by atoms with Crippen LogP contribution < -0.4 is 5.32 Å². The smallest absolute Gasteiger partial charge is 0.258 e. The largest absolute Gasteiger partial charge is 0.334 e. The molecule has 1 aliphatic heterocycles. The third-order valence-corrected chi connectivity index (χ3v) is 4.01. The van der Waals surface area contributed by atoms with Gasteiger partial charge in [-0.05, 0) is 31.9 Å². The molecule has 1 amide bonds. The van der Waals surface area contributed by atoms with E-state index in [1.54, 1.807) is 25.1 Å². The number of nitrogens with one attached hydrogen (secondary N) is 1. The number of aryl methyl sites for hydroxylation is 2. The molecule has 0 fully saturated rings. The van der Waals surface area contributed by atoms with E-state index in [9.17, 15) is 4.79 Å². The number of benzene rings is 1. The standard InChI is InChI=1S/C16H16N6O2/c1-10-17-15(24-21-10)12-7-3-2-6-11(12)14(23)18-16-20-19-13-8-4-5-9-22(13)16/h2-3,6-7H,4-5,8-9H2,1H3,(H,18,20,23). The number of aromatic nitrogens is 5. The van der Waals surface area contributed by atoms with E-state index >= 15 is 0 Å². The molecule has 0 unspecified atom stereocenters. The summed E-state index contributed by atoms with van der Waals surface area (Å²) in [5, 5.41) is 14.9. The van der Waals surface area contributed by atoms with Crippen molar-refractivity contribution in [1.82, 2.24) is 24.9 Å². The van der Waals surface area contributed by atoms with Gasteiger partial charge in [0.05, 0.1) is 11.1 Å². The number of anilines is 1. The normalized spacial score (nSPS) is 13.5. The van der Waals surface area contributed by atoms with Gasteiger partial charge in [-0.3, -0.25) is 14.7 Å². The Bertz CT molecular complexity index is 898. The van der Waals surface area contributed by atoms with Crippen molar-refractivity contribution in [1.29, 1.82) is 0 Å². The van der Waals surface area contributed by atoms with Crippen LogP contribution >= 0.6 is 0 Å². The second kappa shape index (κ2) is 5.88. The van der Waals surface area contributed by atoms with E-state index in [2.05, 4.69) is 25.7 Å². The highest BCUT2D eigenvalue weighted by Crippen LogP contribution is 2.23. The first kappa shape index (κ1) is 14.6. The topological polar surface area (TPSA) is 98.7 Å². The molecule has 1 aliphatic rings. The molecule has 2 aromatic heterocycles. The predicted octanol–water partition coefficient (Wildman–Crippen LogP) is 2.23. The van der Waals surface area contributed by atoms with Gasteiger partial charge in [0.15, 0.2) is 5.82 Å². The van der Waals surface area contributed by atoms with Crippen LogP contribution in [0.25, 0.3) is 11.5 Å². The summed E-state index contributed by atoms with van der Waals surface area (Å²) >= 11 is 0. The minimum atomic E-state index is -0.276. The van der Waals surface area contributed by atoms with Gasteiger partial charge in [0, 0.05) is 13.0 Å². The SMILES string of the molecule is Cc1noc(-c2ccccc2C(=O)Nc2nnc3n2CCCC3)n1. The third kappa shape index (κ3) is 2.55. The second-order valence-corrected chi connectivity index (χ2v) is 5.70. The Kier molecular flexibility index (Phi) is 3.56. The minimum Gasteiger partial charge on any atom is -0.334 e. The lowest BCUT2D eigenvalue weighted by molar-refractivity contribution is 0.102. The molecular formula is C16H16N6O2. The number of carbonyl (C=O) groups excluding carboxylic acids is 1. The summed E-state index contributed by atoms with van der Waals surface area (Å²) in [6.07, 6.45) is 3.05. The number of fused-ring (bicyclic) bond motifs is 1. The van der Waals surface area contributed by atoms with Gasteiger partial charge < -0.3 is 4.52 Å². The maximum atomic E-state index is 12.7. The van der Waals surface area contributed by atoms with Gasteiger partial charge in [-0.15, -0.1) is 10.2 Å². The maximum Gasteiger partial charge on any atom is 0.258 e. The lowest BCUT2D eigenvalue weighted by atomic mass is 10.1. The molecule has 8 heteroatoms. The Labute approximate surface area is 137 Å². The van der Waals surface area contributed by atoms with E-state index < -0.39 is 0 Å². The van der Waals surface area contributed by atoms with Crippen LogP contribution in [0.2, 0.25) is 0 Å². The summed E-state index contributed by atoms with van der Waals surface area (Å²) in [6.45, 7) is 2.56. The molecule has 0 spiro atoms. The van der Waals surface area contributed by atoms with Crippen LogP contribution in [0.4, 0.5) is 5.95 Å². The van der Waals surface area contributed by atoms with Gasteiger partial charge in [-0.2, -0.15) is 4.98 Å². The van der Waals surface area contributed by atoms with Crippen molar-refractivity contribution >= 4 is 11.9 Å². The van der Waals surface area contributed by atoms with Gasteiger partial charge in [0.1, 0.15) is 5.82 Å². The van der Waals surface area contributed by atoms with Gasteiger partial charge in [-0.25, -0.2) is 0 Å². The molecule has 0 saturated carbocycles. The highest BCUT2D eigenvalue weighted by Gasteiger charge is 2.21. The van der Waals surface area contributed by atoms with Crippen LogP contribution in [0.15, 0.2) is 28.8 Å². The summed E-state index contributed by atoms with van der Waals surface area (Å²) in [4.78, 5) is 16.9. The number of hydrogen-bond donors (Lipinski definition) is 1. The number of nitrogens with zero attached hydrogens (tertiary/aromatic N) is 5. The summed E-state index contributed by atoms with van der Waals surface area (Å²) in [6, 6.07) is 7.12. The van der Waals surface area contributed by atoms with E-state index in [4.69, 9.17) is 4.52 Å². The van der Waals surface area contributed by atoms with Crippen LogP contribution in [0.1, 0.15) is 34.8 Å². The molecule has 0 bridgehead atoms. The minimum absolute atomic E-state index is 0.276. The molecule has 122 valence electrons. The molecular weight excluding hydrogens is 308 g/mol. The third-order valence-electron chi connectivity index (χ3n) is 4.01. The van der Waals surface area contributed by atoms with E-state index in [-0.39, 0.29) is 5.91 Å². The molecule has 1 aromatic carbocycles. The molecule has 8 nitrogen and oxygen atoms in total. The second-order valence-electron chi connectivity index (χ2n) is 5.70. The zero-order valence-corrected chi connectivity index (χ0v) is 13.2. The lowest BCUT2D eigenvalue weighted by Gasteiger charge is -2.15. The monoisotopic (exact) mass is 324 g/mol. The maximum absolute atomic E-state index is 12.7. The van der Waals surface area contributed by atoms with Gasteiger partial charge >= 0.3 is 0 Å². The van der Waals surface area contributed by atoms with Crippen LogP contribution in [-0.2, 0) is 13.0 Å². The van der Waals surface area contributed by atoms with E-state index in [0.29, 0.717) is 28.8 Å². The van der Waals surface area contributed by atoms with E-state index in [1.165, 1.54) is 0 Å². The summed E-state index contributed by atoms with van der Waals surface area (Å²) in [5.41, 5.74) is 1.04. The van der Waals surface area contributed by atoms with Crippen molar-refractivity contribution in [2.24, 2.45) is 0 Å². The fourth-order valence-electron chi connectivity index (χ4n) is 2.84. The average molecular weight is 324 g/mol. The fourth-order valence-corrected chi connectivity index (χ4v) is 2.84. The van der Waals surface area contributed by atoms with Crippen molar-refractivity contribution in [2.75, 3.05) is 5.32 Å². The Morgan fingerprint density at radius 3 is 2.96 bits per heavy atom. The fraction of sp³-hybridized carbons (Fsp3) is 0.312. The van der Waals surface area contributed by atoms with Crippen molar-refractivity contribution in [3.8, 4) is 11.5 Å². The number of hydrogen-bond acceptors (Lipinski definition) is 6. The zero-order chi connectivity index (χ0) is 16.5. The number of amides is 1. The average Bonchev–Trinajstić information content (AvgIpc) is 3.22. The van der Waals surface area contributed by atoms with Gasteiger partial charge in [0.25, 0.3) is 11.8 Å². The molecule has 24 heavy (non-hydrogen) atoms. The van der Waals surface area contributed by atoms with E-state index in [1.807, 2.05) is 10.6 Å². The Morgan fingerprint density at radius 2 is 2.12 bits per heavy atom. The summed E-state index contributed by atoms with van der Waals surface area (Å²) < 4.78 is 7.15. The van der Waals surface area contributed by atoms with Crippen molar-refractivity contribution in [3.05, 3.63) is 41.5 Å². The van der Waals surface area contributed by atoms with Crippen LogP contribution in [0, 0.1) is 6.92 Å². The Hall–Kier alpha value is -3.03. The van der Waals surface area contributed by atoms with Crippen molar-refractivity contribution < 1.29 is 9.32 Å². The molecule has 1 N–H and O–H groups in total. The van der Waals surface area contributed by atoms with E-state index in [0.717, 1.165) is 31.6 Å². The van der Waals surface area contributed by atoms with Gasteiger partial charge in [0.2, 0.25) is 5.95 Å². The molecule has 0 aliphatic carbocycles. The molecule has 3 heterocycles. The molecule has 0 atom stereocenters. The first-order valence-electron chi connectivity index (χ1n) is 7.85. The quantitative estimate of drug-likeness (QED) is 0.793. The molecule has 0 saturated heterocycles. The van der Waals surface area contributed by atoms with Crippen LogP contribution in [-0.4, -0.2) is 30.8 Å². The summed E-state index contributed by atoms with van der Waals surface area (Å²) in [5.74, 6) is 1.96. The first-order valence-corrected chi connectivity index (χ1v) is 7.85. The van der Waals surface area contributed by atoms with Crippen LogP contribution in [0.3, 0.4) is 0 Å². The molecule has 0 radical (unpaired) electrons. The van der Waals surface area contributed by atoms with Gasteiger partial charge in [-0.1, -0.05) is 17.3 Å². The number of rotatable bonds is 3. The molecule has 3 aromatic rings. The Balaban J connectivity index is 1.65. The first-order chi connectivity index (χ1) is 11.7. The number of carbonyl (C=O) groups is 1. The zero-order valence-electron chi connectivity index (χ0n) is 13.2. The molecule has 4 rings (SSSR count). The Morgan fingerprint density at radius 1 is 1.25 bits per heavy atom. The van der Waals surface area contributed by atoms with Crippen molar-refractivity contribution in [2.45, 2.75) is 32.7 Å². The van der Waals surface area contributed by atoms with Crippen LogP contribution in [0.5, 0.6) is 0 Å². The highest BCUT2D eigenvalue weighted by atomic mass is 16.5. The van der Waals surface area contributed by atoms with Crippen molar-refractivity contribution in [3.63, 3.8) is 0 Å². The predicted molar refractivity (Wildman–Crippen MR) is 85.4 cm³/mol.